The lowest BCUT2D eigenvalue weighted by Crippen LogP contribution is -2.14. The Kier molecular flexibility index (Phi) is 4.59. The van der Waals surface area contributed by atoms with Gasteiger partial charge in [-0.05, 0) is 19.4 Å². The summed E-state index contributed by atoms with van der Waals surface area (Å²) in [5.74, 6) is 1.30. The minimum atomic E-state index is -0.269. The van der Waals surface area contributed by atoms with Gasteiger partial charge >= 0.3 is 5.97 Å². The number of esters is 1. The maximum Gasteiger partial charge on any atom is 0.341 e. The molecule has 1 atom stereocenters. The first-order valence-electron chi connectivity index (χ1n) is 5.94. The standard InChI is InChI=1S/C13H20O3/c1-5-9(4)15-13(14)11-8-10(6-2)16-12(11)7-3/h8-9H,5-7H2,1-4H3. The third-order valence-electron chi connectivity index (χ3n) is 2.63. The Balaban J connectivity index is 2.85. The molecule has 0 saturated carbocycles. The summed E-state index contributed by atoms with van der Waals surface area (Å²) in [6.45, 7) is 7.86. The van der Waals surface area contributed by atoms with E-state index in [1.165, 1.54) is 0 Å². The van der Waals surface area contributed by atoms with Gasteiger partial charge in [0.1, 0.15) is 17.1 Å². The topological polar surface area (TPSA) is 39.4 Å². The van der Waals surface area contributed by atoms with Crippen molar-refractivity contribution in [2.75, 3.05) is 0 Å². The molecule has 0 saturated heterocycles. The SMILES string of the molecule is CCc1cc(C(=O)OC(C)CC)c(CC)o1. The van der Waals surface area contributed by atoms with Crippen LogP contribution in [0.2, 0.25) is 0 Å². The van der Waals surface area contributed by atoms with E-state index in [1.54, 1.807) is 6.07 Å². The minimum Gasteiger partial charge on any atom is -0.465 e. The number of furan rings is 1. The second-order valence-corrected chi connectivity index (χ2v) is 3.88. The van der Waals surface area contributed by atoms with E-state index in [0.29, 0.717) is 12.0 Å². The molecule has 0 spiro atoms. The first-order chi connectivity index (χ1) is 7.62. The summed E-state index contributed by atoms with van der Waals surface area (Å²) in [5, 5.41) is 0. The van der Waals surface area contributed by atoms with E-state index in [2.05, 4.69) is 0 Å². The average molecular weight is 224 g/mol. The quantitative estimate of drug-likeness (QED) is 0.720. The van der Waals surface area contributed by atoms with E-state index >= 15 is 0 Å². The van der Waals surface area contributed by atoms with Crippen LogP contribution >= 0.6 is 0 Å². The molecular weight excluding hydrogens is 204 g/mol. The molecule has 0 aliphatic rings. The summed E-state index contributed by atoms with van der Waals surface area (Å²) >= 11 is 0. The summed E-state index contributed by atoms with van der Waals surface area (Å²) < 4.78 is 10.8. The fourth-order valence-electron chi connectivity index (χ4n) is 1.42. The molecule has 1 heterocycles. The lowest BCUT2D eigenvalue weighted by molar-refractivity contribution is 0.0332. The molecule has 90 valence electrons. The molecule has 0 bridgehead atoms. The van der Waals surface area contributed by atoms with E-state index in [1.807, 2.05) is 27.7 Å². The number of ether oxygens (including phenoxy) is 1. The Labute approximate surface area is 96.8 Å². The van der Waals surface area contributed by atoms with Crippen molar-refractivity contribution in [1.29, 1.82) is 0 Å². The van der Waals surface area contributed by atoms with E-state index in [-0.39, 0.29) is 12.1 Å². The van der Waals surface area contributed by atoms with E-state index in [0.717, 1.165) is 24.4 Å². The molecule has 1 rings (SSSR count). The van der Waals surface area contributed by atoms with Crippen molar-refractivity contribution in [3.63, 3.8) is 0 Å². The average Bonchev–Trinajstić information content (AvgIpc) is 2.71. The van der Waals surface area contributed by atoms with Gasteiger partial charge in [0.2, 0.25) is 0 Å². The number of hydrogen-bond acceptors (Lipinski definition) is 3. The maximum absolute atomic E-state index is 11.8. The van der Waals surface area contributed by atoms with Crippen LogP contribution < -0.4 is 0 Å². The second-order valence-electron chi connectivity index (χ2n) is 3.88. The van der Waals surface area contributed by atoms with Crippen LogP contribution in [-0.2, 0) is 17.6 Å². The van der Waals surface area contributed by atoms with Gasteiger partial charge in [-0.1, -0.05) is 20.8 Å². The molecule has 1 unspecified atom stereocenters. The third kappa shape index (κ3) is 2.87. The number of carbonyl (C=O) groups is 1. The van der Waals surface area contributed by atoms with Crippen molar-refractivity contribution in [1.82, 2.24) is 0 Å². The fourth-order valence-corrected chi connectivity index (χ4v) is 1.42. The summed E-state index contributed by atoms with van der Waals surface area (Å²) in [4.78, 5) is 11.8. The zero-order chi connectivity index (χ0) is 12.1. The zero-order valence-corrected chi connectivity index (χ0v) is 10.5. The zero-order valence-electron chi connectivity index (χ0n) is 10.5. The van der Waals surface area contributed by atoms with Gasteiger partial charge in [0.15, 0.2) is 0 Å². The Morgan fingerprint density at radius 3 is 2.56 bits per heavy atom. The highest BCUT2D eigenvalue weighted by molar-refractivity contribution is 5.90. The van der Waals surface area contributed by atoms with E-state index < -0.39 is 0 Å². The van der Waals surface area contributed by atoms with Crippen molar-refractivity contribution in [3.05, 3.63) is 23.2 Å². The molecule has 0 aromatic carbocycles. The predicted octanol–water partition coefficient (Wildman–Crippen LogP) is 3.36. The van der Waals surface area contributed by atoms with Gasteiger partial charge in [0, 0.05) is 12.8 Å². The molecule has 3 heteroatoms. The highest BCUT2D eigenvalue weighted by Gasteiger charge is 2.18. The summed E-state index contributed by atoms with van der Waals surface area (Å²) in [6, 6.07) is 1.80. The van der Waals surface area contributed by atoms with Crippen LogP contribution in [0.4, 0.5) is 0 Å². The molecule has 0 N–H and O–H groups in total. The molecule has 3 nitrogen and oxygen atoms in total. The highest BCUT2D eigenvalue weighted by atomic mass is 16.5. The Hall–Kier alpha value is -1.25. The normalized spacial score (nSPS) is 12.5. The molecule has 0 amide bonds. The predicted molar refractivity (Wildman–Crippen MR) is 62.6 cm³/mol. The molecule has 1 aromatic heterocycles. The first kappa shape index (κ1) is 12.8. The van der Waals surface area contributed by atoms with Crippen molar-refractivity contribution in [2.24, 2.45) is 0 Å². The molecule has 1 aromatic rings. The third-order valence-corrected chi connectivity index (χ3v) is 2.63. The van der Waals surface area contributed by atoms with Crippen LogP contribution in [-0.4, -0.2) is 12.1 Å². The van der Waals surface area contributed by atoms with Crippen LogP contribution in [0.15, 0.2) is 10.5 Å². The van der Waals surface area contributed by atoms with Gasteiger partial charge in [0.05, 0.1) is 6.10 Å². The monoisotopic (exact) mass is 224 g/mol. The van der Waals surface area contributed by atoms with E-state index in [9.17, 15) is 4.79 Å². The Morgan fingerprint density at radius 1 is 1.38 bits per heavy atom. The Bertz CT molecular complexity index is 352. The van der Waals surface area contributed by atoms with Crippen LogP contribution in [0.5, 0.6) is 0 Å². The van der Waals surface area contributed by atoms with Crippen LogP contribution in [0.3, 0.4) is 0 Å². The van der Waals surface area contributed by atoms with Crippen molar-refractivity contribution in [3.8, 4) is 0 Å². The van der Waals surface area contributed by atoms with Crippen molar-refractivity contribution < 1.29 is 13.9 Å². The first-order valence-corrected chi connectivity index (χ1v) is 5.94. The molecule has 0 aliphatic heterocycles. The second kappa shape index (κ2) is 5.73. The van der Waals surface area contributed by atoms with Crippen LogP contribution in [0, 0.1) is 0 Å². The summed E-state index contributed by atoms with van der Waals surface area (Å²) in [5.41, 5.74) is 0.583. The highest BCUT2D eigenvalue weighted by Crippen LogP contribution is 2.18. The minimum absolute atomic E-state index is 0.0443. The smallest absolute Gasteiger partial charge is 0.341 e. The van der Waals surface area contributed by atoms with Gasteiger partial charge in [-0.2, -0.15) is 0 Å². The van der Waals surface area contributed by atoms with Crippen molar-refractivity contribution >= 4 is 5.97 Å². The van der Waals surface area contributed by atoms with Gasteiger partial charge in [-0.3, -0.25) is 0 Å². The Morgan fingerprint density at radius 2 is 2.06 bits per heavy atom. The number of carbonyl (C=O) groups excluding carboxylic acids is 1. The summed E-state index contributed by atoms with van der Waals surface area (Å²) in [7, 11) is 0. The van der Waals surface area contributed by atoms with Gasteiger partial charge in [-0.25, -0.2) is 4.79 Å². The molecule has 0 fully saturated rings. The maximum atomic E-state index is 11.8. The van der Waals surface area contributed by atoms with Gasteiger partial charge in [0.25, 0.3) is 0 Å². The van der Waals surface area contributed by atoms with Crippen molar-refractivity contribution in [2.45, 2.75) is 53.1 Å². The lowest BCUT2D eigenvalue weighted by Gasteiger charge is -2.09. The van der Waals surface area contributed by atoms with Gasteiger partial charge in [-0.15, -0.1) is 0 Å². The molecular formula is C13H20O3. The summed E-state index contributed by atoms with van der Waals surface area (Å²) in [6.07, 6.45) is 2.29. The fraction of sp³-hybridized carbons (Fsp3) is 0.615. The number of hydrogen-bond donors (Lipinski definition) is 0. The number of rotatable bonds is 5. The van der Waals surface area contributed by atoms with E-state index in [4.69, 9.17) is 9.15 Å². The molecule has 0 radical (unpaired) electrons. The molecule has 0 aliphatic carbocycles. The molecule has 16 heavy (non-hydrogen) atoms. The number of aryl methyl sites for hydroxylation is 2. The lowest BCUT2D eigenvalue weighted by atomic mass is 10.2. The largest absolute Gasteiger partial charge is 0.465 e. The van der Waals surface area contributed by atoms with Crippen LogP contribution in [0.25, 0.3) is 0 Å². The van der Waals surface area contributed by atoms with Gasteiger partial charge < -0.3 is 9.15 Å². The van der Waals surface area contributed by atoms with Crippen LogP contribution in [0.1, 0.15) is 56.0 Å².